The Labute approximate surface area is 145 Å². The fourth-order valence-electron chi connectivity index (χ4n) is 2.99. The van der Waals surface area contributed by atoms with E-state index in [2.05, 4.69) is 6.92 Å². The second-order valence-corrected chi connectivity index (χ2v) is 6.75. The Bertz CT molecular complexity index is 299. The van der Waals surface area contributed by atoms with Gasteiger partial charge in [0.25, 0.3) is 0 Å². The molecule has 5 atom stereocenters. The van der Waals surface area contributed by atoms with Crippen molar-refractivity contribution in [1.29, 1.82) is 0 Å². The van der Waals surface area contributed by atoms with Crippen molar-refractivity contribution >= 4 is 0 Å². The van der Waals surface area contributed by atoms with Crippen molar-refractivity contribution in [3.05, 3.63) is 0 Å². The van der Waals surface area contributed by atoms with Gasteiger partial charge in [-0.2, -0.15) is 0 Å². The van der Waals surface area contributed by atoms with Gasteiger partial charge in [0.1, 0.15) is 24.4 Å². The van der Waals surface area contributed by atoms with E-state index < -0.39 is 37.3 Å². The number of aliphatic hydroxyl groups is 4. The number of unbranched alkanes of at least 4 members (excludes halogenated alkanes) is 9. The molecule has 0 aromatic carbocycles. The molecule has 1 fully saturated rings. The Morgan fingerprint density at radius 1 is 0.750 bits per heavy atom. The van der Waals surface area contributed by atoms with Crippen LogP contribution >= 0.6 is 0 Å². The van der Waals surface area contributed by atoms with Crippen molar-refractivity contribution in [2.45, 2.75) is 102 Å². The summed E-state index contributed by atoms with van der Waals surface area (Å²) in [4.78, 5) is 0. The van der Waals surface area contributed by atoms with Crippen LogP contribution in [0.4, 0.5) is 0 Å². The molecule has 1 saturated heterocycles. The van der Waals surface area contributed by atoms with Gasteiger partial charge in [-0.15, -0.1) is 0 Å². The zero-order chi connectivity index (χ0) is 17.8. The largest absolute Gasteiger partial charge is 0.394 e. The molecule has 0 bridgehead atoms. The molecule has 0 unspecified atom stereocenters. The summed E-state index contributed by atoms with van der Waals surface area (Å²) in [5.74, 6) is 0. The lowest BCUT2D eigenvalue weighted by molar-refractivity contribution is -0.301. The lowest BCUT2D eigenvalue weighted by Gasteiger charge is -2.39. The molecule has 6 heteroatoms. The van der Waals surface area contributed by atoms with Crippen LogP contribution in [0.1, 0.15) is 71.1 Å². The lowest BCUT2D eigenvalue weighted by atomic mass is 9.99. The third-order valence-corrected chi connectivity index (χ3v) is 4.63. The Kier molecular flexibility index (Phi) is 11.8. The molecule has 1 aliphatic heterocycles. The van der Waals surface area contributed by atoms with E-state index in [4.69, 9.17) is 14.6 Å². The minimum absolute atomic E-state index is 0.428. The number of aliphatic hydroxyl groups excluding tert-OH is 4. The zero-order valence-corrected chi connectivity index (χ0v) is 15.0. The van der Waals surface area contributed by atoms with Gasteiger partial charge in [-0.05, 0) is 6.42 Å². The number of hydrogen-bond acceptors (Lipinski definition) is 6. The van der Waals surface area contributed by atoms with Gasteiger partial charge in [-0.25, -0.2) is 0 Å². The molecule has 6 nitrogen and oxygen atoms in total. The molecule has 24 heavy (non-hydrogen) atoms. The molecule has 1 heterocycles. The second-order valence-electron chi connectivity index (χ2n) is 6.75. The molecular formula is C18H36O6. The van der Waals surface area contributed by atoms with Gasteiger partial charge < -0.3 is 29.9 Å². The van der Waals surface area contributed by atoms with Gasteiger partial charge in [0.15, 0.2) is 6.29 Å². The Balaban J connectivity index is 2.02. The quantitative estimate of drug-likeness (QED) is 0.378. The molecule has 144 valence electrons. The van der Waals surface area contributed by atoms with Gasteiger partial charge in [0, 0.05) is 6.61 Å². The Morgan fingerprint density at radius 3 is 1.83 bits per heavy atom. The first-order valence-corrected chi connectivity index (χ1v) is 9.54. The topological polar surface area (TPSA) is 99.4 Å². The highest BCUT2D eigenvalue weighted by atomic mass is 16.7. The Hall–Kier alpha value is -0.240. The van der Waals surface area contributed by atoms with Crippen LogP contribution in [-0.2, 0) is 9.47 Å². The van der Waals surface area contributed by atoms with E-state index in [9.17, 15) is 15.3 Å². The van der Waals surface area contributed by atoms with Gasteiger partial charge in [0.2, 0.25) is 0 Å². The summed E-state index contributed by atoms with van der Waals surface area (Å²) in [6.07, 6.45) is 6.37. The van der Waals surface area contributed by atoms with Crippen LogP contribution in [0.2, 0.25) is 0 Å². The van der Waals surface area contributed by atoms with Gasteiger partial charge >= 0.3 is 0 Å². The average Bonchev–Trinajstić information content (AvgIpc) is 2.59. The molecule has 0 aliphatic carbocycles. The summed E-state index contributed by atoms with van der Waals surface area (Å²) in [5, 5.41) is 38.3. The highest BCUT2D eigenvalue weighted by molar-refractivity contribution is 4.88. The maximum atomic E-state index is 9.84. The molecule has 4 N–H and O–H groups in total. The third-order valence-electron chi connectivity index (χ3n) is 4.63. The first kappa shape index (κ1) is 21.8. The van der Waals surface area contributed by atoms with E-state index in [0.717, 1.165) is 12.8 Å². The summed E-state index contributed by atoms with van der Waals surface area (Å²) in [7, 11) is 0. The minimum atomic E-state index is -1.37. The van der Waals surface area contributed by atoms with Crippen molar-refractivity contribution in [2.75, 3.05) is 13.2 Å². The summed E-state index contributed by atoms with van der Waals surface area (Å²) in [5.41, 5.74) is 0. The maximum Gasteiger partial charge on any atom is 0.186 e. The van der Waals surface area contributed by atoms with Crippen LogP contribution in [0.15, 0.2) is 0 Å². The summed E-state index contributed by atoms with van der Waals surface area (Å²) >= 11 is 0. The van der Waals surface area contributed by atoms with Gasteiger partial charge in [-0.3, -0.25) is 0 Å². The van der Waals surface area contributed by atoms with Gasteiger partial charge in [0.05, 0.1) is 6.61 Å². The fourth-order valence-corrected chi connectivity index (χ4v) is 2.99. The number of ether oxygens (including phenoxy) is 2. The molecule has 0 amide bonds. The fraction of sp³-hybridized carbons (Fsp3) is 1.00. The van der Waals surface area contributed by atoms with Crippen LogP contribution in [0.25, 0.3) is 0 Å². The van der Waals surface area contributed by atoms with Crippen LogP contribution in [0.3, 0.4) is 0 Å². The molecule has 1 rings (SSSR count). The first-order chi connectivity index (χ1) is 11.6. The molecule has 0 aromatic rings. The maximum absolute atomic E-state index is 9.84. The normalized spacial score (nSPS) is 30.6. The van der Waals surface area contributed by atoms with Crippen LogP contribution < -0.4 is 0 Å². The third kappa shape index (κ3) is 7.76. The highest BCUT2D eigenvalue weighted by Crippen LogP contribution is 2.22. The van der Waals surface area contributed by atoms with E-state index in [0.29, 0.717) is 6.61 Å². The highest BCUT2D eigenvalue weighted by Gasteiger charge is 2.43. The van der Waals surface area contributed by atoms with Crippen LogP contribution in [-0.4, -0.2) is 64.3 Å². The lowest BCUT2D eigenvalue weighted by Crippen LogP contribution is -2.59. The van der Waals surface area contributed by atoms with Crippen molar-refractivity contribution < 1.29 is 29.9 Å². The monoisotopic (exact) mass is 348 g/mol. The number of rotatable bonds is 13. The summed E-state index contributed by atoms with van der Waals surface area (Å²) in [6, 6.07) is 0. The summed E-state index contributed by atoms with van der Waals surface area (Å²) < 4.78 is 10.8. The van der Waals surface area contributed by atoms with E-state index in [-0.39, 0.29) is 0 Å². The molecule has 0 radical (unpaired) electrons. The van der Waals surface area contributed by atoms with Crippen molar-refractivity contribution in [1.82, 2.24) is 0 Å². The number of hydrogen-bond donors (Lipinski definition) is 4. The van der Waals surface area contributed by atoms with Crippen LogP contribution in [0.5, 0.6) is 0 Å². The smallest absolute Gasteiger partial charge is 0.186 e. The van der Waals surface area contributed by atoms with Gasteiger partial charge in [-0.1, -0.05) is 64.7 Å². The van der Waals surface area contributed by atoms with E-state index >= 15 is 0 Å². The van der Waals surface area contributed by atoms with E-state index in [1.54, 1.807) is 0 Å². The second kappa shape index (κ2) is 13.0. The van der Waals surface area contributed by atoms with Crippen LogP contribution in [0, 0.1) is 0 Å². The summed E-state index contributed by atoms with van der Waals surface area (Å²) in [6.45, 7) is 2.23. The van der Waals surface area contributed by atoms with Crippen molar-refractivity contribution in [3.63, 3.8) is 0 Å². The average molecular weight is 348 g/mol. The first-order valence-electron chi connectivity index (χ1n) is 9.54. The zero-order valence-electron chi connectivity index (χ0n) is 15.0. The van der Waals surface area contributed by atoms with Crippen molar-refractivity contribution in [3.8, 4) is 0 Å². The standard InChI is InChI=1S/C18H36O6/c1-2-3-4-5-6-7-8-9-10-11-12-23-18-17(22)16(21)15(20)14(13-19)24-18/h14-22H,2-13H2,1H3/t14-,15+,16-,17-,18+/m1/s1. The minimum Gasteiger partial charge on any atom is -0.394 e. The molecule has 0 aromatic heterocycles. The molecular weight excluding hydrogens is 312 g/mol. The molecule has 0 saturated carbocycles. The SMILES string of the molecule is CCCCCCCCCCCCO[C@H]1O[C@H](CO)[C@H](O)[C@@H](O)[C@H]1O. The Morgan fingerprint density at radius 2 is 1.29 bits per heavy atom. The van der Waals surface area contributed by atoms with E-state index in [1.165, 1.54) is 51.4 Å². The predicted molar refractivity (Wildman–Crippen MR) is 91.6 cm³/mol. The molecule has 1 aliphatic rings. The van der Waals surface area contributed by atoms with E-state index in [1.807, 2.05) is 0 Å². The molecule has 0 spiro atoms. The van der Waals surface area contributed by atoms with Crippen molar-refractivity contribution in [2.24, 2.45) is 0 Å². The predicted octanol–water partition coefficient (Wildman–Crippen LogP) is 1.72.